The van der Waals surface area contributed by atoms with E-state index in [9.17, 15) is 19.1 Å². The smallest absolute Gasteiger partial charge is 0.328 e. The molecule has 1 saturated heterocycles. The quantitative estimate of drug-likeness (QED) is 0.645. The molecule has 1 atom stereocenters. The molecule has 2 heterocycles. The standard InChI is InChI=1S/C16H21FN2O2.C4H4O4/c1-10(2)16(20)19-7-5-11(6-8-19)15-13-4-3-12(17)9-14(13)21-18-15;5-3(6)1-2-4(7)8/h3-4,9-11,16,20H,5-8H2,1-2H3;1-2H,(H,5,6)(H,7,8)/b;2-1+/t16-;/m0./s1. The van der Waals surface area contributed by atoms with Crippen molar-refractivity contribution in [3.05, 3.63) is 41.9 Å². The van der Waals surface area contributed by atoms with Gasteiger partial charge in [0, 0.05) is 42.6 Å². The van der Waals surface area contributed by atoms with Crippen molar-refractivity contribution in [2.45, 2.75) is 38.8 Å². The molecule has 3 N–H and O–H groups in total. The van der Waals surface area contributed by atoms with Gasteiger partial charge in [-0.25, -0.2) is 14.0 Å². The number of hydrogen-bond acceptors (Lipinski definition) is 6. The van der Waals surface area contributed by atoms with Gasteiger partial charge in [0.15, 0.2) is 5.58 Å². The molecule has 1 aromatic carbocycles. The highest BCUT2D eigenvalue weighted by atomic mass is 19.1. The van der Waals surface area contributed by atoms with Gasteiger partial charge >= 0.3 is 11.9 Å². The third-order valence-corrected chi connectivity index (χ3v) is 4.72. The van der Waals surface area contributed by atoms with Gasteiger partial charge < -0.3 is 19.8 Å². The first-order chi connectivity index (χ1) is 13.7. The summed E-state index contributed by atoms with van der Waals surface area (Å²) < 4.78 is 18.4. The highest BCUT2D eigenvalue weighted by molar-refractivity contribution is 5.89. The van der Waals surface area contributed by atoms with Crippen LogP contribution in [0.3, 0.4) is 0 Å². The Morgan fingerprint density at radius 3 is 2.31 bits per heavy atom. The van der Waals surface area contributed by atoms with Crippen LogP contribution in [-0.2, 0) is 9.59 Å². The number of nitrogens with zero attached hydrogens (tertiary/aromatic N) is 2. The number of rotatable bonds is 5. The van der Waals surface area contributed by atoms with Crippen molar-refractivity contribution in [3.8, 4) is 0 Å². The number of aliphatic hydroxyl groups is 1. The summed E-state index contributed by atoms with van der Waals surface area (Å²) in [6, 6.07) is 4.57. The molecule has 8 nitrogen and oxygen atoms in total. The Balaban J connectivity index is 0.000000321. The summed E-state index contributed by atoms with van der Waals surface area (Å²) in [5, 5.41) is 30.8. The van der Waals surface area contributed by atoms with Crippen LogP contribution >= 0.6 is 0 Å². The molecule has 29 heavy (non-hydrogen) atoms. The fourth-order valence-electron chi connectivity index (χ4n) is 3.23. The Hall–Kier alpha value is -2.78. The molecule has 3 rings (SSSR count). The molecule has 1 aromatic heterocycles. The number of aromatic nitrogens is 1. The first-order valence-electron chi connectivity index (χ1n) is 9.30. The van der Waals surface area contributed by atoms with E-state index in [1.165, 1.54) is 12.1 Å². The van der Waals surface area contributed by atoms with Crippen molar-refractivity contribution in [2.75, 3.05) is 13.1 Å². The molecule has 0 unspecified atom stereocenters. The van der Waals surface area contributed by atoms with Gasteiger partial charge in [0.05, 0.1) is 5.69 Å². The number of aliphatic hydroxyl groups excluding tert-OH is 1. The molecule has 158 valence electrons. The van der Waals surface area contributed by atoms with Crippen LogP contribution in [0.15, 0.2) is 34.9 Å². The van der Waals surface area contributed by atoms with E-state index in [0.29, 0.717) is 23.7 Å². The monoisotopic (exact) mass is 408 g/mol. The average molecular weight is 408 g/mol. The summed E-state index contributed by atoms with van der Waals surface area (Å²) in [7, 11) is 0. The molecule has 0 bridgehead atoms. The number of fused-ring (bicyclic) bond motifs is 1. The third kappa shape index (κ3) is 6.37. The van der Waals surface area contributed by atoms with Crippen molar-refractivity contribution >= 4 is 22.9 Å². The van der Waals surface area contributed by atoms with E-state index in [1.54, 1.807) is 6.07 Å². The van der Waals surface area contributed by atoms with Crippen LogP contribution < -0.4 is 0 Å². The Kier molecular flexibility index (Phi) is 7.86. The first-order valence-corrected chi connectivity index (χ1v) is 9.30. The molecule has 0 spiro atoms. The number of aliphatic carboxylic acids is 2. The highest BCUT2D eigenvalue weighted by Gasteiger charge is 2.28. The number of benzene rings is 1. The molecule has 0 saturated carbocycles. The van der Waals surface area contributed by atoms with Gasteiger partial charge in [-0.3, -0.25) is 4.90 Å². The predicted octanol–water partition coefficient (Wildman–Crippen LogP) is 2.83. The van der Waals surface area contributed by atoms with E-state index in [4.69, 9.17) is 14.7 Å². The van der Waals surface area contributed by atoms with Gasteiger partial charge in [-0.05, 0) is 30.9 Å². The van der Waals surface area contributed by atoms with Crippen LogP contribution in [0, 0.1) is 11.7 Å². The maximum Gasteiger partial charge on any atom is 0.328 e. The number of carboxylic acids is 2. The van der Waals surface area contributed by atoms with Crippen molar-refractivity contribution in [3.63, 3.8) is 0 Å². The SMILES string of the molecule is CC(C)[C@H](O)N1CCC(c2noc3cc(F)ccc23)CC1.O=C(O)/C=C/C(=O)O. The molecule has 0 amide bonds. The molecule has 0 radical (unpaired) electrons. The summed E-state index contributed by atoms with van der Waals surface area (Å²) in [4.78, 5) is 21.2. The molecule has 9 heteroatoms. The topological polar surface area (TPSA) is 124 Å². The minimum absolute atomic E-state index is 0.234. The summed E-state index contributed by atoms with van der Waals surface area (Å²) in [6.07, 6.45) is 2.60. The number of carbonyl (C=O) groups is 2. The zero-order chi connectivity index (χ0) is 21.6. The second-order valence-electron chi connectivity index (χ2n) is 7.19. The van der Waals surface area contributed by atoms with E-state index < -0.39 is 11.9 Å². The lowest BCUT2D eigenvalue weighted by Gasteiger charge is -2.36. The average Bonchev–Trinajstić information content (AvgIpc) is 3.09. The lowest BCUT2D eigenvalue weighted by molar-refractivity contribution is -0.134. The van der Waals surface area contributed by atoms with E-state index in [2.05, 4.69) is 10.1 Å². The fourth-order valence-corrected chi connectivity index (χ4v) is 3.23. The second-order valence-corrected chi connectivity index (χ2v) is 7.19. The Morgan fingerprint density at radius 2 is 1.79 bits per heavy atom. The van der Waals surface area contributed by atoms with E-state index >= 15 is 0 Å². The lowest BCUT2D eigenvalue weighted by Crippen LogP contribution is -2.43. The zero-order valence-corrected chi connectivity index (χ0v) is 16.3. The fraction of sp³-hybridized carbons (Fsp3) is 0.450. The minimum Gasteiger partial charge on any atom is -0.478 e. The van der Waals surface area contributed by atoms with Gasteiger partial charge in [0.25, 0.3) is 0 Å². The van der Waals surface area contributed by atoms with Gasteiger partial charge in [-0.2, -0.15) is 0 Å². The van der Waals surface area contributed by atoms with Gasteiger partial charge in [-0.1, -0.05) is 19.0 Å². The molecular formula is C20H25FN2O6. The highest BCUT2D eigenvalue weighted by Crippen LogP contribution is 2.33. The number of piperidine rings is 1. The van der Waals surface area contributed by atoms with E-state index in [-0.39, 0.29) is 18.0 Å². The van der Waals surface area contributed by atoms with Crippen molar-refractivity contribution in [2.24, 2.45) is 5.92 Å². The number of carboxylic acid groups (broad SMARTS) is 2. The third-order valence-electron chi connectivity index (χ3n) is 4.72. The first kappa shape index (κ1) is 22.5. The number of halogens is 1. The van der Waals surface area contributed by atoms with Crippen LogP contribution in [0.4, 0.5) is 4.39 Å². The van der Waals surface area contributed by atoms with Crippen LogP contribution in [0.1, 0.15) is 38.3 Å². The minimum atomic E-state index is -1.26. The van der Waals surface area contributed by atoms with Gasteiger partial charge in [0.2, 0.25) is 0 Å². The van der Waals surface area contributed by atoms with Gasteiger partial charge in [-0.15, -0.1) is 0 Å². The molecule has 2 aromatic rings. The summed E-state index contributed by atoms with van der Waals surface area (Å²) in [5.41, 5.74) is 1.43. The lowest BCUT2D eigenvalue weighted by atomic mass is 9.91. The normalized spacial score (nSPS) is 16.7. The Labute approximate surface area is 167 Å². The van der Waals surface area contributed by atoms with Crippen molar-refractivity contribution in [1.29, 1.82) is 0 Å². The van der Waals surface area contributed by atoms with Crippen LogP contribution in [-0.4, -0.2) is 56.6 Å². The Morgan fingerprint density at radius 1 is 1.21 bits per heavy atom. The predicted molar refractivity (Wildman–Crippen MR) is 103 cm³/mol. The maximum absolute atomic E-state index is 13.2. The summed E-state index contributed by atoms with van der Waals surface area (Å²) >= 11 is 0. The Bertz CT molecular complexity index is 855. The zero-order valence-electron chi connectivity index (χ0n) is 16.3. The van der Waals surface area contributed by atoms with Crippen LogP contribution in [0.2, 0.25) is 0 Å². The number of hydrogen-bond donors (Lipinski definition) is 3. The van der Waals surface area contributed by atoms with Gasteiger partial charge in [0.1, 0.15) is 12.0 Å². The van der Waals surface area contributed by atoms with Crippen molar-refractivity contribution < 1.29 is 33.8 Å². The molecule has 1 aliphatic rings. The largest absolute Gasteiger partial charge is 0.478 e. The van der Waals surface area contributed by atoms with Crippen LogP contribution in [0.5, 0.6) is 0 Å². The molecule has 1 fully saturated rings. The summed E-state index contributed by atoms with van der Waals surface area (Å²) in [6.45, 7) is 5.74. The van der Waals surface area contributed by atoms with Crippen molar-refractivity contribution in [1.82, 2.24) is 10.1 Å². The second kappa shape index (κ2) is 10.1. The van der Waals surface area contributed by atoms with Crippen LogP contribution in [0.25, 0.3) is 11.0 Å². The number of likely N-dealkylation sites (tertiary alicyclic amines) is 1. The maximum atomic E-state index is 13.2. The van der Waals surface area contributed by atoms with E-state index in [1.807, 2.05) is 13.8 Å². The summed E-state index contributed by atoms with van der Waals surface area (Å²) in [5.74, 6) is -2.27. The molecule has 0 aliphatic carbocycles. The van der Waals surface area contributed by atoms with E-state index in [0.717, 1.165) is 37.0 Å². The molecule has 1 aliphatic heterocycles. The molecular weight excluding hydrogens is 383 g/mol.